The molecule has 0 bridgehead atoms. The molecular formula is C60H90N16O14S2. The van der Waals surface area contributed by atoms with E-state index in [9.17, 15) is 63.0 Å². The topological polar surface area (TPSA) is 500 Å². The largest absolute Gasteiger partial charge is 0.457 e. The number of nitrogens with two attached hydrogens (primary N) is 5. The van der Waals surface area contributed by atoms with Gasteiger partial charge in [-0.05, 0) is 126 Å². The summed E-state index contributed by atoms with van der Waals surface area (Å²) in [5.41, 5.74) is 29.8. The summed E-state index contributed by atoms with van der Waals surface area (Å²) in [6, 6.07) is 9.66. The minimum atomic E-state index is -1.76. The summed E-state index contributed by atoms with van der Waals surface area (Å²) in [5.74, 6) is -9.28. The summed E-state index contributed by atoms with van der Waals surface area (Å²) in [5, 5.41) is 49.7. The Morgan fingerprint density at radius 1 is 0.565 bits per heavy atom. The van der Waals surface area contributed by atoms with Crippen molar-refractivity contribution in [1.82, 2.24) is 58.5 Å². The normalized spacial score (nSPS) is 21.6. The van der Waals surface area contributed by atoms with Crippen molar-refractivity contribution in [2.24, 2.45) is 34.6 Å². The highest BCUT2D eigenvalue weighted by Gasteiger charge is 2.38. The molecule has 3 aromatic rings. The fraction of sp³-hybridized carbons (Fsp3) is 0.517. The second-order valence-corrected chi connectivity index (χ2v) is 24.6. The molecule has 1 fully saturated rings. The van der Waals surface area contributed by atoms with E-state index in [4.69, 9.17) is 33.4 Å². The van der Waals surface area contributed by atoms with Gasteiger partial charge in [0.15, 0.2) is 0 Å². The van der Waals surface area contributed by atoms with Crippen LogP contribution in [0.1, 0.15) is 71.8 Å². The lowest BCUT2D eigenvalue weighted by molar-refractivity contribution is -0.136. The first-order chi connectivity index (χ1) is 43.9. The van der Waals surface area contributed by atoms with Gasteiger partial charge in [0.05, 0.1) is 18.8 Å². The van der Waals surface area contributed by atoms with Crippen LogP contribution in [0.5, 0.6) is 11.5 Å². The zero-order valence-electron chi connectivity index (χ0n) is 52.0. The Bertz CT molecular complexity index is 2900. The molecule has 23 N–H and O–H groups in total. The van der Waals surface area contributed by atoms with Crippen molar-refractivity contribution in [3.63, 3.8) is 0 Å². The van der Waals surface area contributed by atoms with Gasteiger partial charge in [-0.15, -0.1) is 0 Å². The van der Waals surface area contributed by atoms with Crippen molar-refractivity contribution in [3.05, 3.63) is 90.5 Å². The average molecular weight is 1320 g/mol. The molecule has 3 aromatic carbocycles. The van der Waals surface area contributed by atoms with Gasteiger partial charge in [0.1, 0.15) is 71.9 Å². The molecule has 506 valence electrons. The number of para-hydroxylation sites is 1. The summed E-state index contributed by atoms with van der Waals surface area (Å²) < 4.78 is 5.86. The Labute approximate surface area is 542 Å². The number of carbonyl (C=O) groups is 11. The fourth-order valence-electron chi connectivity index (χ4n) is 9.23. The maximum atomic E-state index is 14.6. The van der Waals surface area contributed by atoms with Gasteiger partial charge in [-0.25, -0.2) is 0 Å². The molecule has 0 saturated carbocycles. The summed E-state index contributed by atoms with van der Waals surface area (Å²) in [6.07, 6.45) is -4.65. The summed E-state index contributed by atoms with van der Waals surface area (Å²) >= 11 is 0. The maximum Gasteiger partial charge on any atom is 0.245 e. The molecule has 1 heterocycles. The van der Waals surface area contributed by atoms with Crippen LogP contribution in [0.25, 0.3) is 0 Å². The predicted molar refractivity (Wildman–Crippen MR) is 345 cm³/mol. The van der Waals surface area contributed by atoms with Gasteiger partial charge >= 0.3 is 0 Å². The second kappa shape index (κ2) is 40.1. The average Bonchev–Trinajstić information content (AvgIpc) is 1.50. The third kappa shape index (κ3) is 26.0. The van der Waals surface area contributed by atoms with Gasteiger partial charge in [-0.1, -0.05) is 84.0 Å². The van der Waals surface area contributed by atoms with Crippen molar-refractivity contribution >= 4 is 86.6 Å². The molecule has 0 unspecified atom stereocenters. The fourth-order valence-corrected chi connectivity index (χ4v) is 11.4. The third-order valence-corrected chi connectivity index (χ3v) is 16.5. The van der Waals surface area contributed by atoms with E-state index >= 15 is 0 Å². The number of amides is 11. The minimum absolute atomic E-state index is 0.0363. The van der Waals surface area contributed by atoms with E-state index in [0.29, 0.717) is 17.1 Å². The molecule has 0 aromatic heterocycles. The third-order valence-electron chi connectivity index (χ3n) is 14.1. The van der Waals surface area contributed by atoms with Crippen LogP contribution in [-0.2, 0) is 59.2 Å². The van der Waals surface area contributed by atoms with Crippen LogP contribution in [0.3, 0.4) is 0 Å². The number of carbonyl (C=O) groups excluding carboxylic acids is 11. The van der Waals surface area contributed by atoms with Gasteiger partial charge in [-0.3, -0.25) is 52.7 Å². The number of nitrogens with one attached hydrogen (secondary N) is 11. The van der Waals surface area contributed by atoms with Gasteiger partial charge in [0, 0.05) is 23.6 Å². The van der Waals surface area contributed by atoms with E-state index in [1.165, 1.54) is 35.4 Å². The molecule has 4 rings (SSSR count). The van der Waals surface area contributed by atoms with Crippen LogP contribution in [-0.4, -0.2) is 193 Å². The van der Waals surface area contributed by atoms with Gasteiger partial charge in [-0.2, -0.15) is 0 Å². The Morgan fingerprint density at radius 2 is 1.08 bits per heavy atom. The SMILES string of the molecule is CC(C)C[C@@H]1NC(=O)[C@@H](Cc2ccccc2)NC(=O)[C@H](CCN)NC(=O)[C@@H](NC(=O)[C@H](CCN)NC(=O)[C@@H](NC(=O)[C@@H](CSSc2ccc(Oc3ccccc3)cc2)NC(=O)CN)[C@@H](C)O)CCNC(=O)[C@H]([C@@H](C)O)NC(=O)[C@H](CCN)NC(=O)[C@H](CCN)NC1=O. The first-order valence-corrected chi connectivity index (χ1v) is 32.6. The van der Waals surface area contributed by atoms with E-state index < -0.39 is 157 Å². The van der Waals surface area contributed by atoms with Crippen molar-refractivity contribution in [1.29, 1.82) is 0 Å². The molecule has 1 aliphatic rings. The van der Waals surface area contributed by atoms with Crippen LogP contribution >= 0.6 is 21.6 Å². The van der Waals surface area contributed by atoms with Gasteiger partial charge in [0.25, 0.3) is 0 Å². The molecular weight excluding hydrogens is 1230 g/mol. The molecule has 11 amide bonds. The van der Waals surface area contributed by atoms with Crippen LogP contribution in [0, 0.1) is 5.92 Å². The highest BCUT2D eigenvalue weighted by atomic mass is 33.1. The summed E-state index contributed by atoms with van der Waals surface area (Å²) in [7, 11) is 2.45. The maximum absolute atomic E-state index is 14.6. The second-order valence-electron chi connectivity index (χ2n) is 22.2. The van der Waals surface area contributed by atoms with E-state index in [2.05, 4.69) is 58.5 Å². The lowest BCUT2D eigenvalue weighted by Crippen LogP contribution is -2.62. The number of hydrogen-bond donors (Lipinski definition) is 18. The molecule has 0 aliphatic carbocycles. The molecule has 30 nitrogen and oxygen atoms in total. The molecule has 12 atom stereocenters. The Balaban J connectivity index is 1.67. The summed E-state index contributed by atoms with van der Waals surface area (Å²) in [6.45, 7) is 4.24. The van der Waals surface area contributed by atoms with Crippen molar-refractivity contribution in [3.8, 4) is 11.5 Å². The Kier molecular flexibility index (Phi) is 33.4. The smallest absolute Gasteiger partial charge is 0.245 e. The molecule has 92 heavy (non-hydrogen) atoms. The molecule has 1 aliphatic heterocycles. The standard InChI is InChI=1S/C60H90N16O14S2/c1-33(2)29-45-56(85)70-40(19-24-61)51(80)69-43(22-27-64)55(84)75-49(34(3)77)59(88)66-28-23-44(54(83)68-41(20-25-62)53(82)74-46(57(86)73-45)30-36-11-7-5-8-12-36)71-52(81)42(21-26-63)72-60(89)50(35(4)78)76-58(87)47(67-48(79)31-65)32-91-92-39-17-15-38(16-18-39)90-37-13-9-6-10-14-37/h5-18,33-35,40-47,49-50,77-78H,19-32,61-65H2,1-4H3,(H,66,88)(H,67,79)(H,68,83)(H,69,80)(H,70,85)(H,71,81)(H,72,89)(H,73,86)(H,74,82)(H,75,84)(H,76,87)/t34-,35-,40+,41+,42+,43+,44+,45+,46-,47-,49+,50+/m1/s1. The van der Waals surface area contributed by atoms with E-state index in [1.54, 1.807) is 80.6 Å². The highest BCUT2D eigenvalue weighted by molar-refractivity contribution is 8.76. The predicted octanol–water partition coefficient (Wildman–Crippen LogP) is -4.01. The Morgan fingerprint density at radius 3 is 1.61 bits per heavy atom. The number of aliphatic hydroxyl groups excluding tert-OH is 2. The number of rotatable bonds is 28. The molecule has 1 saturated heterocycles. The molecule has 0 radical (unpaired) electrons. The number of benzene rings is 3. The summed E-state index contributed by atoms with van der Waals surface area (Å²) in [4.78, 5) is 155. The highest BCUT2D eigenvalue weighted by Crippen LogP contribution is 2.33. The molecule has 32 heteroatoms. The van der Waals surface area contributed by atoms with Crippen LogP contribution in [0.4, 0.5) is 0 Å². The van der Waals surface area contributed by atoms with Gasteiger partial charge in [0.2, 0.25) is 65.0 Å². The van der Waals surface area contributed by atoms with Crippen molar-refractivity contribution in [2.45, 2.75) is 150 Å². The monoisotopic (exact) mass is 1320 g/mol. The quantitative estimate of drug-likeness (QED) is 0.0308. The lowest BCUT2D eigenvalue weighted by atomic mass is 10.00. The first-order valence-electron chi connectivity index (χ1n) is 30.2. The zero-order chi connectivity index (χ0) is 67.9. The minimum Gasteiger partial charge on any atom is -0.457 e. The van der Waals surface area contributed by atoms with E-state index in [1.807, 2.05) is 18.2 Å². The van der Waals surface area contributed by atoms with Crippen molar-refractivity contribution < 1.29 is 67.7 Å². The number of hydrogen-bond acceptors (Lipinski definition) is 21. The van der Waals surface area contributed by atoms with Crippen LogP contribution in [0.15, 0.2) is 89.8 Å². The van der Waals surface area contributed by atoms with Gasteiger partial charge < -0.3 is 102 Å². The number of aliphatic hydroxyl groups is 2. The van der Waals surface area contributed by atoms with E-state index in [0.717, 1.165) is 4.90 Å². The van der Waals surface area contributed by atoms with E-state index in [-0.39, 0.29) is 76.4 Å². The van der Waals surface area contributed by atoms with Crippen molar-refractivity contribution in [2.75, 3.05) is 45.0 Å². The Hall–Kier alpha value is -7.95. The first kappa shape index (κ1) is 76.5. The van der Waals surface area contributed by atoms with Crippen LogP contribution in [0.2, 0.25) is 0 Å². The zero-order valence-corrected chi connectivity index (χ0v) is 53.6. The lowest BCUT2D eigenvalue weighted by Gasteiger charge is -2.29. The number of ether oxygens (including phenoxy) is 1. The van der Waals surface area contributed by atoms with Crippen LogP contribution < -0.4 is 91.9 Å². The molecule has 0 spiro atoms.